The van der Waals surface area contributed by atoms with E-state index >= 15 is 0 Å². The van der Waals surface area contributed by atoms with Gasteiger partial charge < -0.3 is 42.7 Å². The number of carboxylic acid groups (broad SMARTS) is 3. The lowest BCUT2D eigenvalue weighted by Gasteiger charge is -2.24. The van der Waals surface area contributed by atoms with Crippen molar-refractivity contribution in [3.8, 4) is 0 Å². The van der Waals surface area contributed by atoms with Crippen LogP contribution in [-0.4, -0.2) is 81.0 Å². The van der Waals surface area contributed by atoms with E-state index in [1.54, 1.807) is 0 Å². The molecule has 4 amide bonds. The zero-order valence-electron chi connectivity index (χ0n) is 17.9. The van der Waals surface area contributed by atoms with Crippen molar-refractivity contribution < 1.29 is 48.9 Å². The fourth-order valence-corrected chi connectivity index (χ4v) is 2.47. The van der Waals surface area contributed by atoms with E-state index in [1.807, 2.05) is 0 Å². The minimum atomic E-state index is -1.61. The first kappa shape index (κ1) is 29.2. The maximum atomic E-state index is 12.7. The molecule has 4 unspecified atom stereocenters. The number of hydrogen-bond acceptors (Lipinski definition) is 8. The number of amides is 4. The molecular formula is C18H29N5O10. The van der Waals surface area contributed by atoms with E-state index in [-0.39, 0.29) is 12.8 Å². The Kier molecular flexibility index (Phi) is 12.7. The number of carbonyl (C=O) groups excluding carboxylic acids is 4. The maximum absolute atomic E-state index is 12.7. The number of hydrogen-bond donors (Lipinski definition) is 8. The van der Waals surface area contributed by atoms with E-state index in [4.69, 9.17) is 21.7 Å². The van der Waals surface area contributed by atoms with Crippen LogP contribution in [0, 0.1) is 0 Å². The molecule has 0 fully saturated rings. The van der Waals surface area contributed by atoms with Gasteiger partial charge in [-0.15, -0.1) is 0 Å². The third-order valence-corrected chi connectivity index (χ3v) is 4.27. The second-order valence-corrected chi connectivity index (χ2v) is 7.18. The van der Waals surface area contributed by atoms with Crippen molar-refractivity contribution in [2.24, 2.45) is 11.5 Å². The molecule has 0 aromatic carbocycles. The van der Waals surface area contributed by atoms with Crippen molar-refractivity contribution in [1.29, 1.82) is 0 Å². The van der Waals surface area contributed by atoms with E-state index in [9.17, 15) is 38.7 Å². The van der Waals surface area contributed by atoms with Crippen LogP contribution in [0.2, 0.25) is 0 Å². The summed E-state index contributed by atoms with van der Waals surface area (Å²) in [6.45, 7) is 1.34. The minimum absolute atomic E-state index is 0.247. The molecule has 0 bridgehead atoms. The van der Waals surface area contributed by atoms with Crippen LogP contribution in [0.25, 0.3) is 0 Å². The predicted molar refractivity (Wildman–Crippen MR) is 109 cm³/mol. The van der Waals surface area contributed by atoms with E-state index < -0.39 is 91.4 Å². The zero-order chi connectivity index (χ0) is 25.7. The molecule has 0 aromatic rings. The van der Waals surface area contributed by atoms with Gasteiger partial charge in [0, 0.05) is 19.3 Å². The number of aliphatic carboxylic acids is 3. The van der Waals surface area contributed by atoms with Gasteiger partial charge in [0.05, 0.1) is 6.04 Å². The number of rotatable bonds is 16. The summed E-state index contributed by atoms with van der Waals surface area (Å²) in [4.78, 5) is 81.1. The first-order valence-electron chi connectivity index (χ1n) is 9.86. The van der Waals surface area contributed by atoms with Crippen molar-refractivity contribution >= 4 is 41.5 Å². The van der Waals surface area contributed by atoms with Crippen LogP contribution in [0.5, 0.6) is 0 Å². The van der Waals surface area contributed by atoms with Crippen LogP contribution in [0.15, 0.2) is 0 Å². The highest BCUT2D eigenvalue weighted by molar-refractivity contribution is 5.94. The molecule has 0 aromatic heterocycles. The Balaban J connectivity index is 5.54. The normalized spacial score (nSPS) is 14.1. The molecule has 0 aliphatic heterocycles. The van der Waals surface area contributed by atoms with Gasteiger partial charge in [-0.1, -0.05) is 0 Å². The molecule has 10 N–H and O–H groups in total. The highest BCUT2D eigenvalue weighted by Crippen LogP contribution is 2.05. The van der Waals surface area contributed by atoms with Gasteiger partial charge >= 0.3 is 17.9 Å². The second-order valence-electron chi connectivity index (χ2n) is 7.18. The lowest BCUT2D eigenvalue weighted by Crippen LogP contribution is -2.57. The van der Waals surface area contributed by atoms with Crippen LogP contribution in [0.4, 0.5) is 0 Å². The third kappa shape index (κ3) is 12.6. The van der Waals surface area contributed by atoms with Crippen molar-refractivity contribution in [3.63, 3.8) is 0 Å². The van der Waals surface area contributed by atoms with E-state index in [2.05, 4.69) is 16.0 Å². The molecule has 0 spiro atoms. The molecule has 0 radical (unpaired) electrons. The molecule has 4 atom stereocenters. The molecule has 33 heavy (non-hydrogen) atoms. The predicted octanol–water partition coefficient (Wildman–Crippen LogP) is -3.13. The summed E-state index contributed by atoms with van der Waals surface area (Å²) >= 11 is 0. The van der Waals surface area contributed by atoms with Crippen LogP contribution in [0.1, 0.15) is 45.4 Å². The van der Waals surface area contributed by atoms with Gasteiger partial charge in [-0.25, -0.2) is 4.79 Å². The summed E-state index contributed by atoms with van der Waals surface area (Å²) in [7, 11) is 0. The van der Waals surface area contributed by atoms with Gasteiger partial charge in [0.2, 0.25) is 23.6 Å². The first-order chi connectivity index (χ1) is 15.2. The Morgan fingerprint density at radius 1 is 0.667 bits per heavy atom. The Labute approximate surface area is 188 Å². The highest BCUT2D eigenvalue weighted by atomic mass is 16.4. The minimum Gasteiger partial charge on any atom is -0.481 e. The van der Waals surface area contributed by atoms with Crippen molar-refractivity contribution in [3.05, 3.63) is 0 Å². The SMILES string of the molecule is CC(N)C(=O)NC(CCC(N)=O)C(=O)NC(CCC(=O)O)C(=O)NC(CCC(=O)O)C(=O)O. The average Bonchev–Trinajstić information content (AvgIpc) is 2.69. The fourth-order valence-electron chi connectivity index (χ4n) is 2.47. The quantitative estimate of drug-likeness (QED) is 0.110. The van der Waals surface area contributed by atoms with E-state index in [0.29, 0.717) is 0 Å². The monoisotopic (exact) mass is 475 g/mol. The molecule has 15 heteroatoms. The first-order valence-corrected chi connectivity index (χ1v) is 9.86. The van der Waals surface area contributed by atoms with Crippen molar-refractivity contribution in [1.82, 2.24) is 16.0 Å². The molecule has 0 saturated carbocycles. The highest BCUT2D eigenvalue weighted by Gasteiger charge is 2.30. The molecule has 15 nitrogen and oxygen atoms in total. The number of nitrogens with one attached hydrogen (secondary N) is 3. The smallest absolute Gasteiger partial charge is 0.326 e. The summed E-state index contributed by atoms with van der Waals surface area (Å²) in [5.74, 6) is -7.69. The number of carboxylic acids is 3. The van der Waals surface area contributed by atoms with Gasteiger partial charge in [0.25, 0.3) is 0 Å². The lowest BCUT2D eigenvalue weighted by molar-refractivity contribution is -0.144. The third-order valence-electron chi connectivity index (χ3n) is 4.27. The Morgan fingerprint density at radius 2 is 1.03 bits per heavy atom. The summed E-state index contributed by atoms with van der Waals surface area (Å²) in [5.41, 5.74) is 10.5. The molecule has 0 aliphatic carbocycles. The molecule has 0 heterocycles. The van der Waals surface area contributed by atoms with E-state index in [1.165, 1.54) is 6.92 Å². The van der Waals surface area contributed by atoms with Crippen LogP contribution >= 0.6 is 0 Å². The van der Waals surface area contributed by atoms with Crippen LogP contribution in [0.3, 0.4) is 0 Å². The summed E-state index contributed by atoms with van der Waals surface area (Å²) in [6.07, 6.45) is -2.60. The topological polar surface area (TPSA) is 268 Å². The molecule has 0 rings (SSSR count). The Morgan fingerprint density at radius 3 is 1.39 bits per heavy atom. The standard InChI is InChI=1S/C18H29N5O10/c1-8(19)15(29)21-9(2-5-12(20)24)16(30)22-10(3-6-13(25)26)17(31)23-11(18(32)33)4-7-14(27)28/h8-11H,2-7,19H2,1H3,(H2,20,24)(H,21,29)(H,22,30)(H,23,31)(H,25,26)(H,27,28)(H,32,33). The van der Waals surface area contributed by atoms with Crippen LogP contribution < -0.4 is 27.4 Å². The second kappa shape index (κ2) is 14.3. The zero-order valence-corrected chi connectivity index (χ0v) is 17.9. The van der Waals surface area contributed by atoms with Crippen molar-refractivity contribution in [2.75, 3.05) is 0 Å². The fraction of sp³-hybridized carbons (Fsp3) is 0.611. The van der Waals surface area contributed by atoms with Gasteiger partial charge in [0.1, 0.15) is 18.1 Å². The molecule has 0 saturated heterocycles. The van der Waals surface area contributed by atoms with Gasteiger partial charge in [-0.2, -0.15) is 0 Å². The maximum Gasteiger partial charge on any atom is 0.326 e. The Bertz CT molecular complexity index is 770. The van der Waals surface area contributed by atoms with Gasteiger partial charge in [-0.3, -0.25) is 28.8 Å². The summed E-state index contributed by atoms with van der Waals surface area (Å²) in [5, 5.41) is 33.4. The molecule has 186 valence electrons. The summed E-state index contributed by atoms with van der Waals surface area (Å²) in [6, 6.07) is -5.51. The Hall–Kier alpha value is -3.75. The van der Waals surface area contributed by atoms with Gasteiger partial charge in [0.15, 0.2) is 0 Å². The number of primary amides is 1. The average molecular weight is 475 g/mol. The number of nitrogens with two attached hydrogens (primary N) is 2. The summed E-state index contributed by atoms with van der Waals surface area (Å²) < 4.78 is 0. The van der Waals surface area contributed by atoms with Crippen LogP contribution in [-0.2, 0) is 33.6 Å². The van der Waals surface area contributed by atoms with E-state index in [0.717, 1.165) is 0 Å². The molecule has 0 aliphatic rings. The van der Waals surface area contributed by atoms with Crippen molar-refractivity contribution in [2.45, 2.75) is 69.6 Å². The van der Waals surface area contributed by atoms with Gasteiger partial charge in [-0.05, 0) is 26.2 Å². The number of carbonyl (C=O) groups is 7. The molecular weight excluding hydrogens is 446 g/mol. The lowest BCUT2D eigenvalue weighted by atomic mass is 10.1. The largest absolute Gasteiger partial charge is 0.481 e.